The third-order valence-corrected chi connectivity index (χ3v) is 3.44. The summed E-state index contributed by atoms with van der Waals surface area (Å²) in [6, 6.07) is 7.75. The van der Waals surface area contributed by atoms with E-state index in [0.717, 1.165) is 10.0 Å². The summed E-state index contributed by atoms with van der Waals surface area (Å²) in [6.45, 7) is 0. The predicted molar refractivity (Wildman–Crippen MR) is 70.5 cm³/mol. The van der Waals surface area contributed by atoms with E-state index >= 15 is 0 Å². The Bertz CT molecular complexity index is 470. The summed E-state index contributed by atoms with van der Waals surface area (Å²) in [5, 5.41) is 2.58. The summed E-state index contributed by atoms with van der Waals surface area (Å²) in [5.41, 5.74) is 0.978. The van der Waals surface area contributed by atoms with E-state index in [2.05, 4.69) is 21.2 Å². The Balaban J connectivity index is 2.31. The molecular weight excluding hydrogens is 294 g/mol. The lowest BCUT2D eigenvalue weighted by Crippen LogP contribution is -2.17. The Labute approximate surface area is 105 Å². The molecule has 15 heavy (non-hydrogen) atoms. The number of amides is 1. The van der Waals surface area contributed by atoms with Gasteiger partial charge in [0.05, 0.1) is 4.91 Å². The monoisotopic (exact) mass is 299 g/mol. The Hall–Kier alpha value is -0.650. The highest BCUT2D eigenvalue weighted by Gasteiger charge is 2.21. The molecule has 5 heteroatoms. The molecule has 1 amide bonds. The van der Waals surface area contributed by atoms with Crippen LogP contribution in [0.5, 0.6) is 0 Å². The summed E-state index contributed by atoms with van der Waals surface area (Å²) >= 11 is 9.56. The van der Waals surface area contributed by atoms with Crippen molar-refractivity contribution < 1.29 is 4.79 Å². The van der Waals surface area contributed by atoms with Crippen LogP contribution in [0.25, 0.3) is 6.08 Å². The topological polar surface area (TPSA) is 29.1 Å². The van der Waals surface area contributed by atoms with Gasteiger partial charge in [0, 0.05) is 4.47 Å². The van der Waals surface area contributed by atoms with E-state index in [1.54, 1.807) is 0 Å². The largest absolute Gasteiger partial charge is 0.307 e. The van der Waals surface area contributed by atoms with Gasteiger partial charge in [-0.15, -0.1) is 0 Å². The van der Waals surface area contributed by atoms with Crippen LogP contribution in [0, 0.1) is 0 Å². The van der Waals surface area contributed by atoms with Gasteiger partial charge in [0.2, 0.25) is 0 Å². The number of nitrogens with one attached hydrogen (secondary N) is 1. The number of hydrogen-bond donors (Lipinski definition) is 1. The van der Waals surface area contributed by atoms with Gasteiger partial charge in [-0.1, -0.05) is 52.0 Å². The molecule has 0 atom stereocenters. The van der Waals surface area contributed by atoms with E-state index in [9.17, 15) is 4.79 Å². The number of carbonyl (C=O) groups excluding carboxylic acids is 1. The summed E-state index contributed by atoms with van der Waals surface area (Å²) in [5.74, 6) is -0.120. The van der Waals surface area contributed by atoms with Crippen molar-refractivity contribution in [1.82, 2.24) is 5.32 Å². The Kier molecular flexibility index (Phi) is 3.23. The average Bonchev–Trinajstić information content (AvgIpc) is 2.45. The van der Waals surface area contributed by atoms with Crippen LogP contribution >= 0.6 is 39.9 Å². The molecule has 1 fully saturated rings. The standard InChI is InChI=1S/C10H6BrNOS2/c11-7-3-1-2-6(4-7)5-8-9(13)12-10(14)15-8/h1-5H,(H,12,13,14)/b8-5+. The number of benzene rings is 1. The maximum Gasteiger partial charge on any atom is 0.263 e. The zero-order valence-electron chi connectivity index (χ0n) is 7.49. The van der Waals surface area contributed by atoms with Crippen LogP contribution in [0.1, 0.15) is 5.56 Å². The van der Waals surface area contributed by atoms with Crippen LogP contribution in [0.3, 0.4) is 0 Å². The van der Waals surface area contributed by atoms with Gasteiger partial charge < -0.3 is 5.32 Å². The molecule has 0 aliphatic carbocycles. The summed E-state index contributed by atoms with van der Waals surface area (Å²) in [6.07, 6.45) is 1.82. The predicted octanol–water partition coefficient (Wildman–Crippen LogP) is 2.94. The SMILES string of the molecule is O=C1NC(=S)S/C1=C/c1cccc(Br)c1. The fraction of sp³-hybridized carbons (Fsp3) is 0. The van der Waals surface area contributed by atoms with Crippen LogP contribution < -0.4 is 5.32 Å². The Morgan fingerprint density at radius 2 is 2.27 bits per heavy atom. The summed E-state index contributed by atoms with van der Waals surface area (Å²) < 4.78 is 1.50. The second kappa shape index (κ2) is 4.47. The van der Waals surface area contributed by atoms with Crippen molar-refractivity contribution in [2.24, 2.45) is 0 Å². The van der Waals surface area contributed by atoms with Crippen molar-refractivity contribution >= 4 is 56.2 Å². The van der Waals surface area contributed by atoms with E-state index in [4.69, 9.17) is 12.2 Å². The van der Waals surface area contributed by atoms with Gasteiger partial charge in [0.1, 0.15) is 4.32 Å². The normalized spacial score (nSPS) is 18.3. The molecule has 1 aromatic rings. The van der Waals surface area contributed by atoms with E-state index in [1.165, 1.54) is 11.8 Å². The van der Waals surface area contributed by atoms with Crippen LogP contribution in [-0.4, -0.2) is 10.2 Å². The van der Waals surface area contributed by atoms with E-state index in [1.807, 2.05) is 30.3 Å². The first-order valence-corrected chi connectivity index (χ1v) is 6.17. The quantitative estimate of drug-likeness (QED) is 0.638. The number of thioether (sulfide) groups is 1. The molecule has 0 bridgehead atoms. The molecule has 1 N–H and O–H groups in total. The lowest BCUT2D eigenvalue weighted by atomic mass is 10.2. The minimum Gasteiger partial charge on any atom is -0.307 e. The van der Waals surface area contributed by atoms with Crippen LogP contribution in [0.4, 0.5) is 0 Å². The first-order chi connectivity index (χ1) is 7.15. The lowest BCUT2D eigenvalue weighted by Gasteiger charge is -1.95. The van der Waals surface area contributed by atoms with Crippen molar-refractivity contribution in [1.29, 1.82) is 0 Å². The van der Waals surface area contributed by atoms with Crippen LogP contribution in [-0.2, 0) is 4.79 Å². The Morgan fingerprint density at radius 3 is 2.87 bits per heavy atom. The number of carbonyl (C=O) groups is 1. The van der Waals surface area contributed by atoms with Gasteiger partial charge in [0.15, 0.2) is 0 Å². The summed E-state index contributed by atoms with van der Waals surface area (Å²) in [7, 11) is 0. The van der Waals surface area contributed by atoms with Gasteiger partial charge in [-0.3, -0.25) is 4.79 Å². The molecule has 0 spiro atoms. The zero-order chi connectivity index (χ0) is 10.8. The first kappa shape index (κ1) is 10.9. The smallest absolute Gasteiger partial charge is 0.263 e. The minimum atomic E-state index is -0.120. The molecule has 1 aromatic carbocycles. The first-order valence-electron chi connectivity index (χ1n) is 4.15. The second-order valence-electron chi connectivity index (χ2n) is 2.91. The average molecular weight is 300 g/mol. The second-order valence-corrected chi connectivity index (χ2v) is 5.54. The van der Waals surface area contributed by atoms with Crippen molar-refractivity contribution in [3.63, 3.8) is 0 Å². The fourth-order valence-corrected chi connectivity index (χ4v) is 2.63. The minimum absolute atomic E-state index is 0.120. The maximum atomic E-state index is 11.4. The van der Waals surface area contributed by atoms with Gasteiger partial charge in [-0.05, 0) is 23.8 Å². The zero-order valence-corrected chi connectivity index (χ0v) is 10.7. The molecule has 2 rings (SSSR count). The van der Waals surface area contributed by atoms with Gasteiger partial charge in [-0.2, -0.15) is 0 Å². The highest BCUT2D eigenvalue weighted by Crippen LogP contribution is 2.26. The third-order valence-electron chi connectivity index (χ3n) is 1.79. The number of hydrogen-bond acceptors (Lipinski definition) is 3. The molecule has 1 saturated heterocycles. The third kappa shape index (κ3) is 2.68. The van der Waals surface area contributed by atoms with E-state index < -0.39 is 0 Å². The molecule has 0 unspecified atom stereocenters. The van der Waals surface area contributed by atoms with Gasteiger partial charge in [-0.25, -0.2) is 0 Å². The molecule has 1 aliphatic heterocycles. The molecule has 1 aliphatic rings. The molecule has 1 heterocycles. The molecule has 0 radical (unpaired) electrons. The molecule has 76 valence electrons. The maximum absolute atomic E-state index is 11.4. The van der Waals surface area contributed by atoms with E-state index in [-0.39, 0.29) is 5.91 Å². The number of thiocarbonyl (C=S) groups is 1. The molecule has 0 aromatic heterocycles. The van der Waals surface area contributed by atoms with Crippen LogP contribution in [0.15, 0.2) is 33.6 Å². The van der Waals surface area contributed by atoms with Crippen molar-refractivity contribution in [2.75, 3.05) is 0 Å². The van der Waals surface area contributed by atoms with E-state index in [0.29, 0.717) is 9.23 Å². The van der Waals surface area contributed by atoms with Crippen molar-refractivity contribution in [2.45, 2.75) is 0 Å². The summed E-state index contributed by atoms with van der Waals surface area (Å²) in [4.78, 5) is 12.0. The lowest BCUT2D eigenvalue weighted by molar-refractivity contribution is -0.115. The molecule has 2 nitrogen and oxygen atoms in total. The van der Waals surface area contributed by atoms with Crippen molar-refractivity contribution in [3.8, 4) is 0 Å². The highest BCUT2D eigenvalue weighted by molar-refractivity contribution is 9.10. The Morgan fingerprint density at radius 1 is 1.47 bits per heavy atom. The van der Waals surface area contributed by atoms with Gasteiger partial charge in [0.25, 0.3) is 5.91 Å². The van der Waals surface area contributed by atoms with Crippen LogP contribution in [0.2, 0.25) is 0 Å². The highest BCUT2D eigenvalue weighted by atomic mass is 79.9. The molecular formula is C10H6BrNOS2. The van der Waals surface area contributed by atoms with Crippen molar-refractivity contribution in [3.05, 3.63) is 39.2 Å². The molecule has 0 saturated carbocycles. The fourth-order valence-electron chi connectivity index (χ4n) is 1.17. The number of rotatable bonds is 1. The van der Waals surface area contributed by atoms with Gasteiger partial charge >= 0.3 is 0 Å². The number of halogens is 1.